The highest BCUT2D eigenvalue weighted by Crippen LogP contribution is 2.50. The van der Waals surface area contributed by atoms with Crippen molar-refractivity contribution in [1.29, 1.82) is 0 Å². The molecule has 0 aromatic heterocycles. The van der Waals surface area contributed by atoms with Gasteiger partial charge in [-0.1, -0.05) is 19.4 Å². The fourth-order valence-corrected chi connectivity index (χ4v) is 8.31. The summed E-state index contributed by atoms with van der Waals surface area (Å²) in [6.07, 6.45) is -0.329. The zero-order valence-electron chi connectivity index (χ0n) is 26.7. The third-order valence-electron chi connectivity index (χ3n) is 10.9. The van der Waals surface area contributed by atoms with Crippen LogP contribution in [0.3, 0.4) is 0 Å². The van der Waals surface area contributed by atoms with Gasteiger partial charge in [-0.15, -0.1) is 0 Å². The Bertz CT molecular complexity index is 1370. The summed E-state index contributed by atoms with van der Waals surface area (Å²) in [4.78, 5) is 4.64. The van der Waals surface area contributed by atoms with Crippen molar-refractivity contribution in [2.45, 2.75) is 75.2 Å². The summed E-state index contributed by atoms with van der Waals surface area (Å²) in [7, 11) is 4.86. The zero-order valence-corrected chi connectivity index (χ0v) is 26.7. The number of β-amino-alcohol motifs (C(OH)–C–C–N with tert-alkyl or cyclic N) is 1. The van der Waals surface area contributed by atoms with E-state index in [0.717, 1.165) is 55.0 Å². The normalized spacial score (nSPS) is 33.6. The molecule has 0 saturated carbocycles. The minimum absolute atomic E-state index is 0.0857. The molecule has 2 aromatic rings. The Morgan fingerprint density at radius 3 is 2.36 bits per heavy atom. The van der Waals surface area contributed by atoms with E-state index in [1.807, 2.05) is 6.07 Å². The molecule has 0 unspecified atom stereocenters. The molecule has 248 valence electrons. The van der Waals surface area contributed by atoms with Crippen LogP contribution in [0.5, 0.6) is 23.0 Å². The van der Waals surface area contributed by atoms with Crippen molar-refractivity contribution in [3.63, 3.8) is 0 Å². The smallest absolute Gasteiger partial charge is 0.207 e. The molecule has 11 nitrogen and oxygen atoms in total. The van der Waals surface area contributed by atoms with Crippen molar-refractivity contribution in [2.75, 3.05) is 54.1 Å². The van der Waals surface area contributed by atoms with E-state index in [9.17, 15) is 25.5 Å². The molecule has 0 amide bonds. The largest absolute Gasteiger partial charge is 0.504 e. The molecule has 4 aliphatic heterocycles. The quantitative estimate of drug-likeness (QED) is 0.293. The molecule has 0 spiro atoms. The van der Waals surface area contributed by atoms with Gasteiger partial charge in [-0.2, -0.15) is 0 Å². The second-order valence-electron chi connectivity index (χ2n) is 13.2. The highest BCUT2D eigenvalue weighted by molar-refractivity contribution is 5.53. The van der Waals surface area contributed by atoms with E-state index in [2.05, 4.69) is 28.9 Å². The molecule has 0 radical (unpaired) electrons. The van der Waals surface area contributed by atoms with Gasteiger partial charge in [-0.3, -0.25) is 9.80 Å². The van der Waals surface area contributed by atoms with Gasteiger partial charge in [-0.25, -0.2) is 0 Å². The Hall–Kier alpha value is -2.64. The molecule has 11 heteroatoms. The van der Waals surface area contributed by atoms with Crippen molar-refractivity contribution < 1.29 is 44.5 Å². The van der Waals surface area contributed by atoms with Gasteiger partial charge in [0.15, 0.2) is 23.0 Å². The number of phenolic OH excluding ortho intramolecular Hbond substituents is 1. The molecule has 4 heterocycles. The topological polar surface area (TPSA) is 145 Å². The monoisotopic (exact) mass is 628 g/mol. The standard InChI is InChI=1S/C34H48N2O9/c1-5-19-16-35-10-9-21-14-28(43-3)29(44-4)15-23(21)24(35)12-22(19)13-25-30-20(6-7-27(42-2)32(30)39)8-11-36(25)18-34(41)33(40)31(38)26(37)17-45-34/h6-7,14-15,19,22,24-26,31,33,37-41H,5,8-13,16-18H2,1-4H3/t19-,22+,24-,25+,26+,31+,33-,34+/m0/s1. The van der Waals surface area contributed by atoms with Crippen LogP contribution in [0.25, 0.3) is 0 Å². The van der Waals surface area contributed by atoms with Gasteiger partial charge in [-0.05, 0) is 72.4 Å². The number of aliphatic hydroxyl groups is 4. The van der Waals surface area contributed by atoms with Gasteiger partial charge >= 0.3 is 0 Å². The number of ether oxygens (including phenoxy) is 4. The molecule has 5 N–H and O–H groups in total. The van der Waals surface area contributed by atoms with Gasteiger partial charge in [0.05, 0.1) is 34.5 Å². The minimum Gasteiger partial charge on any atom is -0.504 e. The number of benzene rings is 2. The lowest BCUT2D eigenvalue weighted by atomic mass is 9.72. The third kappa shape index (κ3) is 5.77. The second kappa shape index (κ2) is 12.9. The van der Waals surface area contributed by atoms with Gasteiger partial charge in [0.1, 0.15) is 18.3 Å². The maximum atomic E-state index is 11.5. The van der Waals surface area contributed by atoms with Crippen LogP contribution in [0, 0.1) is 11.8 Å². The minimum atomic E-state index is -2.09. The number of hydrogen-bond donors (Lipinski definition) is 5. The summed E-state index contributed by atoms with van der Waals surface area (Å²) in [5.74, 6) is 0.541. The van der Waals surface area contributed by atoms with Crippen LogP contribution in [-0.4, -0.2) is 114 Å². The number of nitrogens with zero attached hydrogens (tertiary/aromatic N) is 2. The fourth-order valence-electron chi connectivity index (χ4n) is 8.31. The van der Waals surface area contributed by atoms with Gasteiger partial charge in [0.25, 0.3) is 0 Å². The summed E-state index contributed by atoms with van der Waals surface area (Å²) in [5, 5.41) is 54.2. The van der Waals surface area contributed by atoms with Crippen molar-refractivity contribution in [3.8, 4) is 23.0 Å². The van der Waals surface area contributed by atoms with Crippen molar-refractivity contribution in [1.82, 2.24) is 9.80 Å². The first-order chi connectivity index (χ1) is 21.6. The van der Waals surface area contributed by atoms with E-state index >= 15 is 0 Å². The number of fused-ring (bicyclic) bond motifs is 4. The van der Waals surface area contributed by atoms with Crippen molar-refractivity contribution in [3.05, 3.63) is 46.5 Å². The number of piperidine rings is 1. The van der Waals surface area contributed by atoms with Crippen LogP contribution in [0.2, 0.25) is 0 Å². The molecule has 2 aromatic carbocycles. The first kappa shape index (κ1) is 32.3. The predicted molar refractivity (Wildman–Crippen MR) is 166 cm³/mol. The molecule has 4 aliphatic rings. The first-order valence-corrected chi connectivity index (χ1v) is 16.1. The summed E-state index contributed by atoms with van der Waals surface area (Å²) >= 11 is 0. The molecule has 0 aliphatic carbocycles. The fraction of sp³-hybridized carbons (Fsp3) is 0.647. The number of hydrogen-bond acceptors (Lipinski definition) is 11. The predicted octanol–water partition coefficient (Wildman–Crippen LogP) is 2.15. The van der Waals surface area contributed by atoms with Crippen LogP contribution in [-0.2, 0) is 17.6 Å². The van der Waals surface area contributed by atoms with Gasteiger partial charge in [0.2, 0.25) is 5.79 Å². The Balaban J connectivity index is 1.35. The summed E-state index contributed by atoms with van der Waals surface area (Å²) in [5.41, 5.74) is 4.33. The van der Waals surface area contributed by atoms with Crippen LogP contribution >= 0.6 is 0 Å². The van der Waals surface area contributed by atoms with Crippen LogP contribution in [0.1, 0.15) is 60.5 Å². The molecule has 6 rings (SSSR count). The molecule has 2 fully saturated rings. The van der Waals surface area contributed by atoms with E-state index in [0.29, 0.717) is 31.1 Å². The second-order valence-corrected chi connectivity index (χ2v) is 13.2. The average Bonchev–Trinajstić information content (AvgIpc) is 3.05. The lowest BCUT2D eigenvalue weighted by Crippen LogP contribution is -2.65. The Labute approximate surface area is 264 Å². The Morgan fingerprint density at radius 2 is 1.64 bits per heavy atom. The van der Waals surface area contributed by atoms with Crippen LogP contribution < -0.4 is 14.2 Å². The van der Waals surface area contributed by atoms with Crippen molar-refractivity contribution >= 4 is 0 Å². The third-order valence-corrected chi connectivity index (χ3v) is 10.9. The highest BCUT2D eigenvalue weighted by atomic mass is 16.6. The van der Waals surface area contributed by atoms with Gasteiger partial charge in [0, 0.05) is 37.3 Å². The maximum absolute atomic E-state index is 11.5. The van der Waals surface area contributed by atoms with Gasteiger partial charge < -0.3 is 44.5 Å². The first-order valence-electron chi connectivity index (χ1n) is 16.1. The number of methoxy groups -OCH3 is 3. The van der Waals surface area contributed by atoms with E-state index in [1.54, 1.807) is 20.3 Å². The zero-order chi connectivity index (χ0) is 32.0. The Morgan fingerprint density at radius 1 is 0.933 bits per heavy atom. The average molecular weight is 629 g/mol. The molecule has 0 bridgehead atoms. The molecule has 45 heavy (non-hydrogen) atoms. The lowest BCUT2D eigenvalue weighted by molar-refractivity contribution is -0.326. The number of rotatable bonds is 8. The summed E-state index contributed by atoms with van der Waals surface area (Å²) in [6.45, 7) is 4.33. The summed E-state index contributed by atoms with van der Waals surface area (Å²) < 4.78 is 22.4. The molecule has 2 saturated heterocycles. The SMILES string of the molecule is CC[C@H]1CN2CCc3cc(OC)c(OC)cc3[C@@H]2C[C@@H]1C[C@@H]1c2c(ccc(OC)c2O)CCN1C[C@@]1(O)OC[C@@H](O)[C@@H](O)[C@@H]1O. The number of phenols is 1. The van der Waals surface area contributed by atoms with Crippen LogP contribution in [0.15, 0.2) is 24.3 Å². The molecular weight excluding hydrogens is 580 g/mol. The van der Waals surface area contributed by atoms with E-state index in [4.69, 9.17) is 18.9 Å². The summed E-state index contributed by atoms with van der Waals surface area (Å²) in [6, 6.07) is 7.92. The number of aliphatic hydroxyl groups excluding tert-OH is 3. The maximum Gasteiger partial charge on any atom is 0.207 e. The van der Waals surface area contributed by atoms with Crippen molar-refractivity contribution in [2.24, 2.45) is 11.8 Å². The Kier molecular flexibility index (Phi) is 9.24. The van der Waals surface area contributed by atoms with E-state index < -0.39 is 24.1 Å². The molecular formula is C34H48N2O9. The lowest BCUT2D eigenvalue weighted by Gasteiger charge is -2.50. The highest BCUT2D eigenvalue weighted by Gasteiger charge is 2.51. The van der Waals surface area contributed by atoms with E-state index in [1.165, 1.54) is 18.2 Å². The van der Waals surface area contributed by atoms with Crippen LogP contribution in [0.4, 0.5) is 0 Å². The van der Waals surface area contributed by atoms with E-state index in [-0.39, 0.29) is 36.9 Å². The number of aromatic hydroxyl groups is 1. The molecule has 8 atom stereocenters.